The zero-order valence-electron chi connectivity index (χ0n) is 13.7. The molecule has 1 heterocycles. The summed E-state index contributed by atoms with van der Waals surface area (Å²) in [5, 5.41) is 0. The molecule has 3 nitrogen and oxygen atoms in total. The molecule has 1 aromatic carbocycles. The lowest BCUT2D eigenvalue weighted by atomic mass is 9.78. The molecule has 2 aromatic rings. The van der Waals surface area contributed by atoms with E-state index in [1.807, 2.05) is 18.3 Å². The Labute approximate surface area is 138 Å². The second-order valence-electron chi connectivity index (χ2n) is 5.90. The van der Waals surface area contributed by atoms with Crippen LogP contribution in [0.5, 0.6) is 11.5 Å². The van der Waals surface area contributed by atoms with E-state index in [4.69, 9.17) is 9.47 Å². The summed E-state index contributed by atoms with van der Waals surface area (Å²) in [7, 11) is 3.38. The molecular formula is C20H23NO2. The van der Waals surface area contributed by atoms with Gasteiger partial charge in [-0.3, -0.25) is 4.98 Å². The number of allylic oxidation sites excluding steroid dienone is 2. The van der Waals surface area contributed by atoms with Crippen molar-refractivity contribution in [3.63, 3.8) is 0 Å². The van der Waals surface area contributed by atoms with Gasteiger partial charge in [0.1, 0.15) is 11.5 Å². The Morgan fingerprint density at radius 1 is 1.09 bits per heavy atom. The van der Waals surface area contributed by atoms with Gasteiger partial charge >= 0.3 is 0 Å². The number of methoxy groups -OCH3 is 2. The summed E-state index contributed by atoms with van der Waals surface area (Å²) < 4.78 is 10.9. The molecule has 0 N–H and O–H groups in total. The standard InChI is InChI=1S/C20H23NO2/c1-22-17-12-16(13-18(14-17)23-2)20(15-8-4-3-5-9-15)19-10-6-7-11-21-19/h4,6-8,10-15,20H,3,5,9H2,1-2H3/t15-,20+/m1/s1. The van der Waals surface area contributed by atoms with Gasteiger partial charge in [-0.25, -0.2) is 0 Å². The SMILES string of the molecule is COc1cc(OC)cc([C@@H](c2ccccn2)[C@@H]2C=CCCC2)c1. The molecule has 0 aliphatic heterocycles. The molecule has 1 aliphatic rings. The van der Waals surface area contributed by atoms with E-state index in [-0.39, 0.29) is 5.92 Å². The first-order chi connectivity index (χ1) is 11.3. The number of aromatic nitrogens is 1. The van der Waals surface area contributed by atoms with Crippen molar-refractivity contribution in [2.75, 3.05) is 14.2 Å². The van der Waals surface area contributed by atoms with E-state index in [1.165, 1.54) is 24.8 Å². The predicted molar refractivity (Wildman–Crippen MR) is 92.1 cm³/mol. The lowest BCUT2D eigenvalue weighted by molar-refractivity contribution is 0.391. The highest BCUT2D eigenvalue weighted by Crippen LogP contribution is 2.39. The minimum Gasteiger partial charge on any atom is -0.497 e. The Balaban J connectivity index is 2.07. The van der Waals surface area contributed by atoms with Crippen molar-refractivity contribution < 1.29 is 9.47 Å². The predicted octanol–water partition coefficient (Wildman–Crippen LogP) is 4.59. The molecule has 0 fully saturated rings. The first-order valence-electron chi connectivity index (χ1n) is 8.12. The molecular weight excluding hydrogens is 286 g/mol. The van der Waals surface area contributed by atoms with E-state index in [0.29, 0.717) is 5.92 Å². The van der Waals surface area contributed by atoms with Crippen molar-refractivity contribution in [3.05, 3.63) is 66.0 Å². The monoisotopic (exact) mass is 309 g/mol. The fourth-order valence-electron chi connectivity index (χ4n) is 3.32. The summed E-state index contributed by atoms with van der Waals surface area (Å²) in [6.45, 7) is 0. The highest BCUT2D eigenvalue weighted by atomic mass is 16.5. The number of hydrogen-bond donors (Lipinski definition) is 0. The van der Waals surface area contributed by atoms with Crippen LogP contribution in [-0.4, -0.2) is 19.2 Å². The highest BCUT2D eigenvalue weighted by Gasteiger charge is 2.26. The number of hydrogen-bond acceptors (Lipinski definition) is 3. The molecule has 0 radical (unpaired) electrons. The van der Waals surface area contributed by atoms with Crippen molar-refractivity contribution in [1.29, 1.82) is 0 Å². The Hall–Kier alpha value is -2.29. The van der Waals surface area contributed by atoms with E-state index < -0.39 is 0 Å². The largest absolute Gasteiger partial charge is 0.497 e. The van der Waals surface area contributed by atoms with Crippen molar-refractivity contribution in [1.82, 2.24) is 4.98 Å². The highest BCUT2D eigenvalue weighted by molar-refractivity contribution is 5.43. The molecule has 0 saturated heterocycles. The van der Waals surface area contributed by atoms with Crippen LogP contribution in [0, 0.1) is 5.92 Å². The maximum Gasteiger partial charge on any atom is 0.122 e. The van der Waals surface area contributed by atoms with E-state index in [0.717, 1.165) is 17.2 Å². The molecule has 0 amide bonds. The second kappa shape index (κ2) is 7.32. The summed E-state index contributed by atoms with van der Waals surface area (Å²) in [6.07, 6.45) is 10.1. The van der Waals surface area contributed by atoms with E-state index in [2.05, 4.69) is 41.4 Å². The summed E-state index contributed by atoms with van der Waals surface area (Å²) in [5.41, 5.74) is 2.29. The minimum atomic E-state index is 0.219. The molecule has 0 saturated carbocycles. The third kappa shape index (κ3) is 3.55. The third-order valence-electron chi connectivity index (χ3n) is 4.46. The minimum absolute atomic E-state index is 0.219. The van der Waals surface area contributed by atoms with Crippen LogP contribution in [0.2, 0.25) is 0 Å². The Morgan fingerprint density at radius 2 is 1.87 bits per heavy atom. The number of benzene rings is 1. The molecule has 1 aromatic heterocycles. The molecule has 0 unspecified atom stereocenters. The van der Waals surface area contributed by atoms with Crippen LogP contribution < -0.4 is 9.47 Å². The topological polar surface area (TPSA) is 31.4 Å². The van der Waals surface area contributed by atoms with Crippen molar-refractivity contribution in [2.45, 2.75) is 25.2 Å². The van der Waals surface area contributed by atoms with Crippen LogP contribution >= 0.6 is 0 Å². The lowest BCUT2D eigenvalue weighted by Gasteiger charge is -2.27. The van der Waals surface area contributed by atoms with Crippen LogP contribution in [0.25, 0.3) is 0 Å². The molecule has 0 spiro atoms. The van der Waals surface area contributed by atoms with Crippen LogP contribution in [0.1, 0.15) is 36.4 Å². The molecule has 120 valence electrons. The van der Waals surface area contributed by atoms with Crippen molar-refractivity contribution in [3.8, 4) is 11.5 Å². The van der Waals surface area contributed by atoms with E-state index in [9.17, 15) is 0 Å². The zero-order chi connectivity index (χ0) is 16.1. The Kier molecular flexibility index (Phi) is 4.96. The smallest absolute Gasteiger partial charge is 0.122 e. The van der Waals surface area contributed by atoms with Gasteiger partial charge < -0.3 is 9.47 Å². The van der Waals surface area contributed by atoms with Crippen LogP contribution in [0.15, 0.2) is 54.7 Å². The Bertz CT molecular complexity index is 644. The van der Waals surface area contributed by atoms with Gasteiger partial charge in [0.2, 0.25) is 0 Å². The molecule has 3 rings (SSSR count). The Morgan fingerprint density at radius 3 is 2.43 bits per heavy atom. The van der Waals surface area contributed by atoms with Crippen LogP contribution in [0.3, 0.4) is 0 Å². The average Bonchev–Trinajstić information content (AvgIpc) is 2.63. The fraction of sp³-hybridized carbons (Fsp3) is 0.350. The average molecular weight is 309 g/mol. The van der Waals surface area contributed by atoms with E-state index in [1.54, 1.807) is 14.2 Å². The normalized spacial score (nSPS) is 18.4. The first-order valence-corrected chi connectivity index (χ1v) is 8.12. The summed E-state index contributed by atoms with van der Waals surface area (Å²) in [5.74, 6) is 2.31. The number of rotatable bonds is 5. The van der Waals surface area contributed by atoms with Gasteiger partial charge in [-0.15, -0.1) is 0 Å². The van der Waals surface area contributed by atoms with E-state index >= 15 is 0 Å². The maximum atomic E-state index is 5.45. The van der Waals surface area contributed by atoms with Gasteiger partial charge in [0.05, 0.1) is 14.2 Å². The molecule has 0 bridgehead atoms. The first kappa shape index (κ1) is 15.6. The molecule has 23 heavy (non-hydrogen) atoms. The quantitative estimate of drug-likeness (QED) is 0.757. The van der Waals surface area contributed by atoms with Gasteiger partial charge in [-0.05, 0) is 55.0 Å². The molecule has 1 aliphatic carbocycles. The third-order valence-corrected chi connectivity index (χ3v) is 4.46. The fourth-order valence-corrected chi connectivity index (χ4v) is 3.32. The summed E-state index contributed by atoms with van der Waals surface area (Å²) in [6, 6.07) is 12.2. The van der Waals surface area contributed by atoms with Gasteiger partial charge in [-0.1, -0.05) is 18.2 Å². The van der Waals surface area contributed by atoms with Crippen molar-refractivity contribution >= 4 is 0 Å². The van der Waals surface area contributed by atoms with Gasteiger partial charge in [-0.2, -0.15) is 0 Å². The maximum absolute atomic E-state index is 5.45. The van der Waals surface area contributed by atoms with Crippen LogP contribution in [-0.2, 0) is 0 Å². The van der Waals surface area contributed by atoms with Crippen LogP contribution in [0.4, 0.5) is 0 Å². The summed E-state index contributed by atoms with van der Waals surface area (Å²) in [4.78, 5) is 4.63. The molecule has 2 atom stereocenters. The number of ether oxygens (including phenoxy) is 2. The van der Waals surface area contributed by atoms with Crippen molar-refractivity contribution in [2.24, 2.45) is 5.92 Å². The van der Waals surface area contributed by atoms with Gasteiger partial charge in [0.25, 0.3) is 0 Å². The summed E-state index contributed by atoms with van der Waals surface area (Å²) >= 11 is 0. The molecule has 3 heteroatoms. The second-order valence-corrected chi connectivity index (χ2v) is 5.90. The lowest BCUT2D eigenvalue weighted by Crippen LogP contribution is -2.16. The number of nitrogens with zero attached hydrogens (tertiary/aromatic N) is 1. The zero-order valence-corrected chi connectivity index (χ0v) is 13.7. The van der Waals surface area contributed by atoms with Gasteiger partial charge in [0, 0.05) is 23.9 Å². The number of pyridine rings is 1. The van der Waals surface area contributed by atoms with Gasteiger partial charge in [0.15, 0.2) is 0 Å².